The molecule has 1 heterocycles. The van der Waals surface area contributed by atoms with E-state index in [0.29, 0.717) is 35.2 Å². The number of nitrogens with zero attached hydrogens (tertiary/aromatic N) is 2. The number of carbonyl (C=O) groups is 1. The highest BCUT2D eigenvalue weighted by Gasteiger charge is 2.16. The maximum atomic E-state index is 12.9. The fourth-order valence-electron chi connectivity index (χ4n) is 3.74. The molecule has 0 saturated carbocycles. The number of rotatable bonds is 11. The molecule has 1 unspecified atom stereocenters. The molecule has 8 heteroatoms. The number of aromatic nitrogens is 1. The van der Waals surface area contributed by atoms with Crippen molar-refractivity contribution in [3.63, 3.8) is 0 Å². The number of hydrogen-bond donors (Lipinski definition) is 1. The number of pyridine rings is 1. The van der Waals surface area contributed by atoms with Crippen LogP contribution in [0, 0.1) is 6.92 Å². The number of hydrogen-bond acceptors (Lipinski definition) is 6. The maximum absolute atomic E-state index is 12.9. The van der Waals surface area contributed by atoms with E-state index in [1.807, 2.05) is 32.0 Å². The molecule has 0 aliphatic heterocycles. The first-order valence-electron chi connectivity index (χ1n) is 11.6. The van der Waals surface area contributed by atoms with Crippen molar-refractivity contribution in [1.82, 2.24) is 4.98 Å². The predicted octanol–water partition coefficient (Wildman–Crippen LogP) is 4.92. The van der Waals surface area contributed by atoms with Crippen LogP contribution < -0.4 is 15.0 Å². The third kappa shape index (κ3) is 6.68. The van der Waals surface area contributed by atoms with E-state index in [0.717, 1.165) is 35.5 Å². The van der Waals surface area contributed by atoms with Crippen LogP contribution in [0.2, 0.25) is 0 Å². The average molecular weight is 496 g/mol. The number of anilines is 2. The summed E-state index contributed by atoms with van der Waals surface area (Å²) in [4.78, 5) is 20.3. The number of ether oxygens (including phenoxy) is 2. The van der Waals surface area contributed by atoms with Crippen molar-refractivity contribution in [3.8, 4) is 17.0 Å². The Morgan fingerprint density at radius 1 is 1.14 bits per heavy atom. The first-order chi connectivity index (χ1) is 16.9. The Kier molecular flexibility index (Phi) is 9.39. The Labute approximate surface area is 209 Å². The lowest BCUT2D eigenvalue weighted by molar-refractivity contribution is 0.102. The number of methoxy groups -OCH3 is 1. The number of aryl methyl sites for hydroxylation is 1. The summed E-state index contributed by atoms with van der Waals surface area (Å²) in [5, 5.41) is 2.96. The van der Waals surface area contributed by atoms with Gasteiger partial charge in [0, 0.05) is 65.2 Å². The summed E-state index contributed by atoms with van der Waals surface area (Å²) < 4.78 is 22.9. The van der Waals surface area contributed by atoms with Gasteiger partial charge in [-0.05, 0) is 68.3 Å². The Morgan fingerprint density at radius 3 is 2.63 bits per heavy atom. The van der Waals surface area contributed by atoms with Gasteiger partial charge in [-0.15, -0.1) is 0 Å². The third-order valence-electron chi connectivity index (χ3n) is 5.64. The minimum atomic E-state index is -1.16. The number of likely N-dealkylation sites (N-methyl/N-ethyl adjacent to an activating group) is 1. The van der Waals surface area contributed by atoms with Crippen molar-refractivity contribution in [2.75, 3.05) is 49.9 Å². The molecule has 0 aliphatic rings. The maximum Gasteiger partial charge on any atom is 0.255 e. The minimum Gasteiger partial charge on any atom is -0.476 e. The van der Waals surface area contributed by atoms with Gasteiger partial charge < -0.3 is 19.7 Å². The number of amides is 1. The summed E-state index contributed by atoms with van der Waals surface area (Å²) in [5.74, 6) is 0.332. The van der Waals surface area contributed by atoms with Crippen molar-refractivity contribution in [2.45, 2.75) is 25.7 Å². The van der Waals surface area contributed by atoms with Crippen LogP contribution >= 0.6 is 0 Å². The van der Waals surface area contributed by atoms with Crippen molar-refractivity contribution in [2.24, 2.45) is 0 Å². The fourth-order valence-corrected chi connectivity index (χ4v) is 4.31. The minimum absolute atomic E-state index is 0.255. The predicted molar refractivity (Wildman–Crippen MR) is 142 cm³/mol. The molecule has 35 heavy (non-hydrogen) atoms. The molecule has 7 nitrogen and oxygen atoms in total. The van der Waals surface area contributed by atoms with Gasteiger partial charge in [0.05, 0.1) is 13.2 Å². The zero-order valence-electron chi connectivity index (χ0n) is 21.0. The lowest BCUT2D eigenvalue weighted by Gasteiger charge is -2.25. The van der Waals surface area contributed by atoms with Crippen LogP contribution in [-0.4, -0.2) is 54.8 Å². The van der Waals surface area contributed by atoms with Gasteiger partial charge in [0.2, 0.25) is 5.88 Å². The molecule has 1 atom stereocenters. The highest BCUT2D eigenvalue weighted by Crippen LogP contribution is 2.34. The van der Waals surface area contributed by atoms with E-state index in [9.17, 15) is 9.00 Å². The van der Waals surface area contributed by atoms with Crippen LogP contribution in [-0.2, 0) is 15.5 Å². The van der Waals surface area contributed by atoms with Gasteiger partial charge in [-0.3, -0.25) is 9.00 Å². The molecule has 0 fully saturated rings. The molecule has 0 saturated heterocycles. The van der Waals surface area contributed by atoms with Gasteiger partial charge in [-0.1, -0.05) is 12.1 Å². The Hall–Kier alpha value is -3.23. The zero-order valence-corrected chi connectivity index (χ0v) is 21.8. The smallest absolute Gasteiger partial charge is 0.255 e. The van der Waals surface area contributed by atoms with Crippen LogP contribution in [0.3, 0.4) is 0 Å². The summed E-state index contributed by atoms with van der Waals surface area (Å²) in [7, 11) is 0.531. The summed E-state index contributed by atoms with van der Waals surface area (Å²) in [6.45, 7) is 8.67. The molecule has 0 spiro atoms. The monoisotopic (exact) mass is 495 g/mol. The Bertz CT molecular complexity index is 1200. The van der Waals surface area contributed by atoms with Crippen molar-refractivity contribution in [3.05, 3.63) is 65.9 Å². The summed E-state index contributed by atoms with van der Waals surface area (Å²) in [6, 6.07) is 14.7. The number of carbonyl (C=O) groups excluding carboxylic acids is 1. The first kappa shape index (κ1) is 26.4. The quantitative estimate of drug-likeness (QED) is 0.407. The molecular weight excluding hydrogens is 462 g/mol. The molecule has 1 N–H and O–H groups in total. The molecule has 0 bridgehead atoms. The summed E-state index contributed by atoms with van der Waals surface area (Å²) in [6.07, 6.45) is 3.39. The Balaban J connectivity index is 1.94. The lowest BCUT2D eigenvalue weighted by atomic mass is 10.0. The summed E-state index contributed by atoms with van der Waals surface area (Å²) >= 11 is 0. The molecule has 1 aromatic heterocycles. The highest BCUT2D eigenvalue weighted by molar-refractivity contribution is 7.84. The van der Waals surface area contributed by atoms with Crippen molar-refractivity contribution in [1.29, 1.82) is 0 Å². The van der Waals surface area contributed by atoms with Gasteiger partial charge in [0.15, 0.2) is 0 Å². The highest BCUT2D eigenvalue weighted by atomic mass is 32.2. The molecule has 0 aliphatic carbocycles. The van der Waals surface area contributed by atoms with Crippen LogP contribution in [0.1, 0.15) is 29.8 Å². The average Bonchev–Trinajstić information content (AvgIpc) is 2.86. The second-order valence-electron chi connectivity index (χ2n) is 8.02. The molecule has 186 valence electrons. The van der Waals surface area contributed by atoms with E-state index in [1.54, 1.807) is 43.8 Å². The van der Waals surface area contributed by atoms with E-state index in [2.05, 4.69) is 28.2 Å². The molecule has 0 radical (unpaired) electrons. The van der Waals surface area contributed by atoms with Gasteiger partial charge in [0.25, 0.3) is 5.91 Å². The van der Waals surface area contributed by atoms with Crippen LogP contribution in [0.4, 0.5) is 11.4 Å². The Morgan fingerprint density at radius 2 is 1.94 bits per heavy atom. The van der Waals surface area contributed by atoms with E-state index >= 15 is 0 Å². The van der Waals surface area contributed by atoms with Gasteiger partial charge in [-0.2, -0.15) is 0 Å². The van der Waals surface area contributed by atoms with E-state index in [4.69, 9.17) is 9.47 Å². The van der Waals surface area contributed by atoms with Crippen LogP contribution in [0.5, 0.6) is 5.88 Å². The van der Waals surface area contributed by atoms with Crippen molar-refractivity contribution >= 4 is 28.1 Å². The second kappa shape index (κ2) is 12.5. The second-order valence-corrected chi connectivity index (χ2v) is 9.40. The number of benzene rings is 2. The molecule has 1 amide bonds. The molecule has 2 aromatic carbocycles. The largest absolute Gasteiger partial charge is 0.476 e. The first-order valence-corrected chi connectivity index (χ1v) is 13.2. The lowest BCUT2D eigenvalue weighted by Crippen LogP contribution is -2.27. The van der Waals surface area contributed by atoms with E-state index in [-0.39, 0.29) is 5.91 Å². The number of nitrogens with one attached hydrogen (secondary N) is 1. The molecular formula is C27H33N3O4S. The van der Waals surface area contributed by atoms with E-state index in [1.165, 1.54) is 0 Å². The topological polar surface area (TPSA) is 80.8 Å². The normalized spacial score (nSPS) is 11.7. The van der Waals surface area contributed by atoms with Gasteiger partial charge >= 0.3 is 0 Å². The fraction of sp³-hybridized carbons (Fsp3) is 0.333. The zero-order chi connectivity index (χ0) is 25.4. The van der Waals surface area contributed by atoms with Gasteiger partial charge in [-0.25, -0.2) is 4.98 Å². The van der Waals surface area contributed by atoms with Crippen LogP contribution in [0.25, 0.3) is 11.1 Å². The molecule has 3 aromatic rings. The standard InChI is InChI=1S/C27H33N3O4S/c1-6-30(13-14-33-4)25-16-21(18-28-27(25)34-7-2)24-17-22(12-11-19(24)3)29-26(31)20-9-8-10-23(15-20)35(5)32/h8-12,15-18H,6-7,13-14H2,1-5H3,(H,29,31). The summed E-state index contributed by atoms with van der Waals surface area (Å²) in [5.41, 5.74) is 4.98. The molecule has 3 rings (SSSR count). The SMILES string of the molecule is CCOc1ncc(-c2cc(NC(=O)c3cccc(S(C)=O)c3)ccc2C)cc1N(CC)CCOC. The van der Waals surface area contributed by atoms with Crippen molar-refractivity contribution < 1.29 is 18.5 Å². The van der Waals surface area contributed by atoms with E-state index < -0.39 is 10.8 Å². The van der Waals surface area contributed by atoms with Gasteiger partial charge in [0.1, 0.15) is 5.69 Å². The third-order valence-corrected chi connectivity index (χ3v) is 6.55. The van der Waals surface area contributed by atoms with Crippen LogP contribution in [0.15, 0.2) is 59.6 Å².